The molecule has 0 aliphatic rings. The first-order valence-electron chi connectivity index (χ1n) is 4.22. The van der Waals surface area contributed by atoms with Crippen LogP contribution in [0, 0.1) is 12.3 Å². The van der Waals surface area contributed by atoms with Gasteiger partial charge in [0.15, 0.2) is 0 Å². The Labute approximate surface area is 82.8 Å². The average Bonchev–Trinajstić information content (AvgIpc) is 2.20. The van der Waals surface area contributed by atoms with Crippen molar-refractivity contribution in [3.05, 3.63) is 35.9 Å². The molecule has 0 aliphatic carbocycles. The first-order chi connectivity index (χ1) is 6.74. The van der Waals surface area contributed by atoms with Gasteiger partial charge in [0, 0.05) is 6.54 Å². The van der Waals surface area contributed by atoms with E-state index in [0.717, 1.165) is 5.56 Å². The van der Waals surface area contributed by atoms with E-state index in [1.54, 1.807) is 0 Å². The molecular weight excluding hydrogens is 178 g/mol. The third-order valence-electron chi connectivity index (χ3n) is 1.86. The Bertz CT molecular complexity index is 340. The number of carboxylic acid groups (broad SMARTS) is 1. The second-order valence-electron chi connectivity index (χ2n) is 2.82. The average molecular weight is 189 g/mol. The quantitative estimate of drug-likeness (QED) is 0.710. The van der Waals surface area contributed by atoms with Crippen LogP contribution >= 0.6 is 0 Å². The summed E-state index contributed by atoms with van der Waals surface area (Å²) in [5.74, 6) is 2.35. The summed E-state index contributed by atoms with van der Waals surface area (Å²) in [6.45, 7) is 0.246. The molecule has 1 atom stereocenters. The minimum Gasteiger partial charge on any atom is -0.465 e. The largest absolute Gasteiger partial charge is 0.465 e. The van der Waals surface area contributed by atoms with Gasteiger partial charge in [-0.2, -0.15) is 0 Å². The van der Waals surface area contributed by atoms with E-state index >= 15 is 0 Å². The summed E-state index contributed by atoms with van der Waals surface area (Å²) in [5, 5.41) is 10.7. The van der Waals surface area contributed by atoms with Gasteiger partial charge in [-0.15, -0.1) is 6.42 Å². The summed E-state index contributed by atoms with van der Waals surface area (Å²) < 4.78 is 0. The molecule has 0 radical (unpaired) electrons. The van der Waals surface area contributed by atoms with Crippen LogP contribution in [-0.2, 0) is 0 Å². The van der Waals surface area contributed by atoms with Crippen molar-refractivity contribution in [1.29, 1.82) is 0 Å². The Morgan fingerprint density at radius 1 is 1.50 bits per heavy atom. The van der Waals surface area contributed by atoms with Gasteiger partial charge >= 0.3 is 6.09 Å². The van der Waals surface area contributed by atoms with Gasteiger partial charge in [-0.05, 0) is 5.56 Å². The molecule has 14 heavy (non-hydrogen) atoms. The van der Waals surface area contributed by atoms with Crippen molar-refractivity contribution in [2.24, 2.45) is 0 Å². The molecule has 1 aromatic carbocycles. The molecule has 0 saturated heterocycles. The van der Waals surface area contributed by atoms with Crippen LogP contribution in [0.3, 0.4) is 0 Å². The second kappa shape index (κ2) is 4.93. The van der Waals surface area contributed by atoms with Gasteiger partial charge < -0.3 is 10.4 Å². The molecule has 1 aromatic rings. The van der Waals surface area contributed by atoms with Crippen LogP contribution in [0.15, 0.2) is 30.3 Å². The van der Waals surface area contributed by atoms with E-state index in [0.29, 0.717) is 0 Å². The number of amides is 1. The molecule has 0 bridgehead atoms. The Morgan fingerprint density at radius 3 is 2.64 bits per heavy atom. The van der Waals surface area contributed by atoms with Crippen molar-refractivity contribution >= 4 is 6.09 Å². The molecule has 0 saturated carbocycles. The van der Waals surface area contributed by atoms with Crippen molar-refractivity contribution < 1.29 is 9.90 Å². The zero-order valence-electron chi connectivity index (χ0n) is 7.60. The van der Waals surface area contributed by atoms with E-state index in [9.17, 15) is 4.79 Å². The molecule has 0 aromatic heterocycles. The Hall–Kier alpha value is -1.95. The van der Waals surface area contributed by atoms with Gasteiger partial charge in [0.05, 0.1) is 5.92 Å². The lowest BCUT2D eigenvalue weighted by Gasteiger charge is -2.10. The first-order valence-corrected chi connectivity index (χ1v) is 4.22. The zero-order chi connectivity index (χ0) is 10.4. The summed E-state index contributed by atoms with van der Waals surface area (Å²) in [6.07, 6.45) is 4.25. The summed E-state index contributed by atoms with van der Waals surface area (Å²) in [5.41, 5.74) is 0.948. The van der Waals surface area contributed by atoms with Crippen molar-refractivity contribution in [1.82, 2.24) is 5.32 Å². The monoisotopic (exact) mass is 189 g/mol. The third-order valence-corrected chi connectivity index (χ3v) is 1.86. The van der Waals surface area contributed by atoms with Crippen molar-refractivity contribution in [3.8, 4) is 12.3 Å². The Morgan fingerprint density at radius 2 is 2.14 bits per heavy atom. The number of hydrogen-bond acceptors (Lipinski definition) is 1. The topological polar surface area (TPSA) is 49.3 Å². The summed E-state index contributed by atoms with van der Waals surface area (Å²) in [4.78, 5) is 10.3. The van der Waals surface area contributed by atoms with Gasteiger partial charge in [-0.25, -0.2) is 4.79 Å². The lowest BCUT2D eigenvalue weighted by Crippen LogP contribution is -2.26. The van der Waals surface area contributed by atoms with Crippen LogP contribution in [0.1, 0.15) is 11.5 Å². The number of nitrogens with one attached hydrogen (secondary N) is 1. The highest BCUT2D eigenvalue weighted by molar-refractivity contribution is 5.64. The molecule has 2 N–H and O–H groups in total. The molecule has 1 unspecified atom stereocenters. The van der Waals surface area contributed by atoms with Crippen LogP contribution in [0.5, 0.6) is 0 Å². The standard InChI is InChI=1S/C11H11NO2/c1-2-9(8-12-11(13)14)10-6-4-3-5-7-10/h1,3-7,9,12H,8H2,(H,13,14). The molecule has 72 valence electrons. The van der Waals surface area contributed by atoms with E-state index < -0.39 is 6.09 Å². The second-order valence-corrected chi connectivity index (χ2v) is 2.82. The van der Waals surface area contributed by atoms with Crippen LogP contribution in [-0.4, -0.2) is 17.7 Å². The van der Waals surface area contributed by atoms with Crippen LogP contribution in [0.25, 0.3) is 0 Å². The summed E-state index contributed by atoms with van der Waals surface area (Å²) >= 11 is 0. The molecule has 3 heteroatoms. The van der Waals surface area contributed by atoms with Gasteiger partial charge in [0.1, 0.15) is 0 Å². The smallest absolute Gasteiger partial charge is 0.404 e. The van der Waals surface area contributed by atoms with E-state index in [2.05, 4.69) is 11.2 Å². The molecule has 0 heterocycles. The fourth-order valence-electron chi connectivity index (χ4n) is 1.15. The van der Waals surface area contributed by atoms with Gasteiger partial charge in [0.25, 0.3) is 0 Å². The number of rotatable bonds is 3. The fourth-order valence-corrected chi connectivity index (χ4v) is 1.15. The number of terminal acetylenes is 1. The molecule has 0 aliphatic heterocycles. The van der Waals surface area contributed by atoms with Gasteiger partial charge in [0.2, 0.25) is 0 Å². The minimum atomic E-state index is -1.05. The highest BCUT2D eigenvalue weighted by Crippen LogP contribution is 2.12. The van der Waals surface area contributed by atoms with Gasteiger partial charge in [-0.3, -0.25) is 0 Å². The van der Waals surface area contributed by atoms with Crippen molar-refractivity contribution in [3.63, 3.8) is 0 Å². The maximum absolute atomic E-state index is 10.3. The number of benzene rings is 1. The maximum atomic E-state index is 10.3. The van der Waals surface area contributed by atoms with E-state index in [-0.39, 0.29) is 12.5 Å². The van der Waals surface area contributed by atoms with E-state index in [1.807, 2.05) is 30.3 Å². The molecular formula is C11H11NO2. The molecule has 0 fully saturated rings. The fraction of sp³-hybridized carbons (Fsp3) is 0.182. The first kappa shape index (κ1) is 10.1. The SMILES string of the molecule is C#CC(CNC(=O)O)c1ccccc1. The normalized spacial score (nSPS) is 11.4. The predicted octanol–water partition coefficient (Wildman–Crippen LogP) is 1.67. The summed E-state index contributed by atoms with van der Waals surface area (Å²) in [6, 6.07) is 9.41. The maximum Gasteiger partial charge on any atom is 0.404 e. The van der Waals surface area contributed by atoms with Gasteiger partial charge in [-0.1, -0.05) is 36.3 Å². The lowest BCUT2D eigenvalue weighted by molar-refractivity contribution is 0.194. The van der Waals surface area contributed by atoms with Crippen LogP contribution in [0.4, 0.5) is 4.79 Å². The van der Waals surface area contributed by atoms with Crippen LogP contribution < -0.4 is 5.32 Å². The number of hydrogen-bond donors (Lipinski definition) is 2. The summed E-state index contributed by atoms with van der Waals surface area (Å²) in [7, 11) is 0. The lowest BCUT2D eigenvalue weighted by atomic mass is 10.0. The molecule has 3 nitrogen and oxygen atoms in total. The molecule has 1 amide bonds. The Balaban J connectivity index is 2.65. The third kappa shape index (κ3) is 2.83. The predicted molar refractivity (Wildman–Crippen MR) is 54.0 cm³/mol. The van der Waals surface area contributed by atoms with E-state index in [4.69, 9.17) is 11.5 Å². The van der Waals surface area contributed by atoms with Crippen molar-refractivity contribution in [2.75, 3.05) is 6.54 Å². The highest BCUT2D eigenvalue weighted by atomic mass is 16.4. The van der Waals surface area contributed by atoms with E-state index in [1.165, 1.54) is 0 Å². The molecule has 1 rings (SSSR count). The Kier molecular flexibility index (Phi) is 3.57. The molecule has 0 spiro atoms. The zero-order valence-corrected chi connectivity index (χ0v) is 7.60. The highest BCUT2D eigenvalue weighted by Gasteiger charge is 2.08. The van der Waals surface area contributed by atoms with Crippen LogP contribution in [0.2, 0.25) is 0 Å². The minimum absolute atomic E-state index is 0.202. The van der Waals surface area contributed by atoms with Crippen molar-refractivity contribution in [2.45, 2.75) is 5.92 Å². The number of carbonyl (C=O) groups is 1.